The average molecular weight is 285 g/mol. The van der Waals surface area contributed by atoms with Crippen LogP contribution in [0.1, 0.15) is 13.3 Å². The molecule has 1 unspecified atom stereocenters. The van der Waals surface area contributed by atoms with Crippen LogP contribution in [0.25, 0.3) is 0 Å². The molecule has 0 aliphatic carbocycles. The highest BCUT2D eigenvalue weighted by molar-refractivity contribution is 7.89. The minimum absolute atomic E-state index is 0.102. The summed E-state index contributed by atoms with van der Waals surface area (Å²) in [4.78, 5) is 0.201. The quantitative estimate of drug-likeness (QED) is 0.633. The molecule has 1 aromatic rings. The first-order chi connectivity index (χ1) is 9.05. The first kappa shape index (κ1) is 14.3. The number of benzene rings is 1. The number of hydrazine groups is 1. The Morgan fingerprint density at radius 3 is 2.89 bits per heavy atom. The lowest BCUT2D eigenvalue weighted by atomic mass is 10.3. The molecule has 7 heteroatoms. The second-order valence-corrected chi connectivity index (χ2v) is 6.44. The van der Waals surface area contributed by atoms with Gasteiger partial charge in [0.15, 0.2) is 0 Å². The van der Waals surface area contributed by atoms with Gasteiger partial charge in [-0.05, 0) is 25.5 Å². The molecule has 0 amide bonds. The third-order valence-corrected chi connectivity index (χ3v) is 5.00. The summed E-state index contributed by atoms with van der Waals surface area (Å²) in [5.74, 6) is 5.38. The van der Waals surface area contributed by atoms with Crippen LogP contribution >= 0.6 is 0 Å². The third-order valence-electron chi connectivity index (χ3n) is 3.08. The van der Waals surface area contributed by atoms with Crippen molar-refractivity contribution in [1.29, 1.82) is 0 Å². The molecule has 1 saturated heterocycles. The Morgan fingerprint density at radius 2 is 2.16 bits per heavy atom. The summed E-state index contributed by atoms with van der Waals surface area (Å²) in [7, 11) is -3.55. The van der Waals surface area contributed by atoms with Crippen molar-refractivity contribution in [3.05, 3.63) is 24.3 Å². The first-order valence-corrected chi connectivity index (χ1v) is 7.67. The lowest BCUT2D eigenvalue weighted by Crippen LogP contribution is -2.36. The molecule has 19 heavy (non-hydrogen) atoms. The van der Waals surface area contributed by atoms with Crippen molar-refractivity contribution >= 4 is 15.7 Å². The highest BCUT2D eigenvalue weighted by atomic mass is 32.2. The molecule has 0 saturated carbocycles. The van der Waals surface area contributed by atoms with Crippen LogP contribution in [0.5, 0.6) is 0 Å². The van der Waals surface area contributed by atoms with Crippen molar-refractivity contribution in [2.75, 3.05) is 25.1 Å². The number of hydrogen-bond donors (Lipinski definition) is 2. The zero-order valence-electron chi connectivity index (χ0n) is 10.9. The number of nitrogens with two attached hydrogens (primary N) is 1. The average Bonchev–Trinajstić information content (AvgIpc) is 2.64. The van der Waals surface area contributed by atoms with Crippen LogP contribution in [0, 0.1) is 0 Å². The Kier molecular flexibility index (Phi) is 4.41. The van der Waals surface area contributed by atoms with Crippen LogP contribution in [0.2, 0.25) is 0 Å². The fraction of sp³-hybridized carbons (Fsp3) is 0.500. The van der Waals surface area contributed by atoms with Crippen LogP contribution in [-0.4, -0.2) is 38.5 Å². The van der Waals surface area contributed by atoms with E-state index in [-0.39, 0.29) is 11.0 Å². The molecule has 2 rings (SSSR count). The maximum Gasteiger partial charge on any atom is 0.245 e. The van der Waals surface area contributed by atoms with Gasteiger partial charge in [0.25, 0.3) is 0 Å². The fourth-order valence-electron chi connectivity index (χ4n) is 2.12. The molecule has 0 spiro atoms. The number of anilines is 1. The second-order valence-electron chi connectivity index (χ2n) is 4.54. The van der Waals surface area contributed by atoms with Gasteiger partial charge in [-0.25, -0.2) is 8.42 Å². The molecule has 1 heterocycles. The molecule has 1 aliphatic rings. The zero-order chi connectivity index (χ0) is 13.9. The van der Waals surface area contributed by atoms with Crippen molar-refractivity contribution < 1.29 is 13.2 Å². The minimum atomic E-state index is -3.55. The number of ether oxygens (including phenoxy) is 1. The van der Waals surface area contributed by atoms with E-state index in [2.05, 4.69) is 5.43 Å². The Hall–Kier alpha value is -1.15. The van der Waals surface area contributed by atoms with E-state index in [0.717, 1.165) is 0 Å². The Bertz CT molecular complexity index is 533. The van der Waals surface area contributed by atoms with E-state index in [1.165, 1.54) is 4.31 Å². The Labute approximate surface area is 113 Å². The van der Waals surface area contributed by atoms with Crippen LogP contribution in [0.15, 0.2) is 29.2 Å². The van der Waals surface area contributed by atoms with Gasteiger partial charge >= 0.3 is 0 Å². The van der Waals surface area contributed by atoms with E-state index in [1.807, 2.05) is 6.92 Å². The summed E-state index contributed by atoms with van der Waals surface area (Å²) in [6, 6.07) is 6.62. The van der Waals surface area contributed by atoms with Gasteiger partial charge in [0.1, 0.15) is 4.90 Å². The van der Waals surface area contributed by atoms with Crippen LogP contribution in [0.4, 0.5) is 5.69 Å². The lowest BCUT2D eigenvalue weighted by Gasteiger charge is -2.22. The van der Waals surface area contributed by atoms with Crippen LogP contribution < -0.4 is 11.3 Å². The summed E-state index contributed by atoms with van der Waals surface area (Å²) >= 11 is 0. The maximum atomic E-state index is 12.6. The molecule has 1 aromatic carbocycles. The number of nitrogens with one attached hydrogen (secondary N) is 1. The molecule has 6 nitrogen and oxygen atoms in total. The van der Waals surface area contributed by atoms with E-state index >= 15 is 0 Å². The van der Waals surface area contributed by atoms with E-state index in [9.17, 15) is 8.42 Å². The van der Waals surface area contributed by atoms with Gasteiger partial charge < -0.3 is 10.2 Å². The monoisotopic (exact) mass is 285 g/mol. The van der Waals surface area contributed by atoms with E-state index in [1.54, 1.807) is 24.3 Å². The van der Waals surface area contributed by atoms with Gasteiger partial charge in [0, 0.05) is 19.7 Å². The smallest absolute Gasteiger partial charge is 0.245 e. The second kappa shape index (κ2) is 5.87. The molecule has 0 aromatic heterocycles. The molecular weight excluding hydrogens is 266 g/mol. The van der Waals surface area contributed by atoms with Crippen molar-refractivity contribution in [2.24, 2.45) is 5.84 Å². The molecule has 1 atom stereocenters. The normalized spacial score (nSPS) is 21.9. The van der Waals surface area contributed by atoms with Gasteiger partial charge in [0.05, 0.1) is 11.8 Å². The van der Waals surface area contributed by atoms with E-state index in [0.29, 0.717) is 31.8 Å². The number of nitrogen functional groups attached to an aromatic ring is 1. The van der Waals surface area contributed by atoms with Crippen molar-refractivity contribution in [3.63, 3.8) is 0 Å². The summed E-state index contributed by atoms with van der Waals surface area (Å²) < 4.78 is 32.2. The number of nitrogens with zero attached hydrogens (tertiary/aromatic N) is 1. The van der Waals surface area contributed by atoms with Crippen LogP contribution in [-0.2, 0) is 14.8 Å². The molecule has 106 valence electrons. The van der Waals surface area contributed by atoms with E-state index in [4.69, 9.17) is 10.6 Å². The van der Waals surface area contributed by atoms with Crippen molar-refractivity contribution in [3.8, 4) is 0 Å². The largest absolute Gasteiger partial charge is 0.377 e. The topological polar surface area (TPSA) is 84.7 Å². The van der Waals surface area contributed by atoms with Crippen molar-refractivity contribution in [1.82, 2.24) is 4.31 Å². The van der Waals surface area contributed by atoms with Gasteiger partial charge in [-0.2, -0.15) is 4.31 Å². The maximum absolute atomic E-state index is 12.6. The Morgan fingerprint density at radius 1 is 1.42 bits per heavy atom. The summed E-state index contributed by atoms with van der Waals surface area (Å²) in [5.41, 5.74) is 2.83. The molecular formula is C12H19N3O3S. The Balaban J connectivity index is 2.35. The minimum Gasteiger partial charge on any atom is -0.377 e. The molecule has 1 fully saturated rings. The number of hydrogen-bond acceptors (Lipinski definition) is 5. The zero-order valence-corrected chi connectivity index (χ0v) is 11.7. The van der Waals surface area contributed by atoms with Crippen molar-refractivity contribution in [2.45, 2.75) is 24.3 Å². The predicted molar refractivity (Wildman–Crippen MR) is 73.0 cm³/mol. The van der Waals surface area contributed by atoms with E-state index < -0.39 is 10.0 Å². The van der Waals surface area contributed by atoms with Gasteiger partial charge in [0.2, 0.25) is 10.0 Å². The number of para-hydroxylation sites is 1. The third kappa shape index (κ3) is 3.06. The predicted octanol–water partition coefficient (Wildman–Crippen LogP) is 0.772. The number of rotatable bonds is 3. The highest BCUT2D eigenvalue weighted by Gasteiger charge is 2.29. The highest BCUT2D eigenvalue weighted by Crippen LogP contribution is 2.25. The summed E-state index contributed by atoms with van der Waals surface area (Å²) in [5, 5.41) is 0. The first-order valence-electron chi connectivity index (χ1n) is 6.23. The van der Waals surface area contributed by atoms with Gasteiger partial charge in [-0.3, -0.25) is 5.84 Å². The fourth-order valence-corrected chi connectivity index (χ4v) is 3.83. The molecule has 1 aliphatic heterocycles. The standard InChI is InChI=1S/C12H19N3O3S/c1-10-9-15(7-4-8-18-10)19(16,17)12-6-3-2-5-11(12)14-13/h2-3,5-6,10,14H,4,7-9,13H2,1H3. The van der Waals surface area contributed by atoms with Gasteiger partial charge in [-0.15, -0.1) is 0 Å². The molecule has 3 N–H and O–H groups in total. The lowest BCUT2D eigenvalue weighted by molar-refractivity contribution is 0.0752. The summed E-state index contributed by atoms with van der Waals surface area (Å²) in [6.45, 7) is 3.29. The van der Waals surface area contributed by atoms with Crippen LogP contribution in [0.3, 0.4) is 0 Å². The number of sulfonamides is 1. The summed E-state index contributed by atoms with van der Waals surface area (Å²) in [6.07, 6.45) is 0.595. The molecule has 0 radical (unpaired) electrons. The van der Waals surface area contributed by atoms with Gasteiger partial charge in [-0.1, -0.05) is 12.1 Å². The SMILES string of the molecule is CC1CN(S(=O)(=O)c2ccccc2NN)CCCO1. The molecule has 0 bridgehead atoms.